The highest BCUT2D eigenvalue weighted by atomic mass is 19.1. The number of nitrogens with zero attached hydrogens (tertiary/aromatic N) is 4. The number of carbonyl (C=O) groups is 1. The average molecular weight is 413 g/mol. The van der Waals surface area contributed by atoms with E-state index in [1.165, 1.54) is 12.1 Å². The van der Waals surface area contributed by atoms with Crippen LogP contribution in [0.5, 0.6) is 5.75 Å². The Bertz CT molecular complexity index is 1030. The van der Waals surface area contributed by atoms with Gasteiger partial charge in [0.25, 0.3) is 0 Å². The topological polar surface area (TPSA) is 117 Å². The van der Waals surface area contributed by atoms with Gasteiger partial charge in [-0.3, -0.25) is 14.7 Å². The van der Waals surface area contributed by atoms with Gasteiger partial charge < -0.3 is 19.7 Å². The molecule has 1 fully saturated rings. The number of aromatic nitrogens is 3. The van der Waals surface area contributed by atoms with Crippen molar-refractivity contribution in [1.29, 1.82) is 0 Å². The number of hydrogen-bond donors (Lipinski definition) is 1. The van der Waals surface area contributed by atoms with E-state index in [0.717, 1.165) is 6.07 Å². The van der Waals surface area contributed by atoms with Crippen LogP contribution >= 0.6 is 0 Å². The van der Waals surface area contributed by atoms with Crippen molar-refractivity contribution in [1.82, 2.24) is 20.0 Å². The zero-order valence-electron chi connectivity index (χ0n) is 16.2. The Labute approximate surface area is 171 Å². The lowest BCUT2D eigenvalue weighted by atomic mass is 10.1. The van der Waals surface area contributed by atoms with E-state index in [1.807, 2.05) is 0 Å². The summed E-state index contributed by atoms with van der Waals surface area (Å²) in [5.74, 6) is 0.416. The molecule has 156 valence electrons. The Morgan fingerprint density at radius 2 is 2.17 bits per heavy atom. The average Bonchev–Trinajstić information content (AvgIpc) is 3.14. The number of methoxy groups -OCH3 is 1. The zero-order valence-corrected chi connectivity index (χ0v) is 16.2. The zero-order chi connectivity index (χ0) is 21.1. The second-order valence-corrected chi connectivity index (χ2v) is 6.91. The van der Waals surface area contributed by atoms with Crippen LogP contribution in [0.3, 0.4) is 0 Å². The van der Waals surface area contributed by atoms with Gasteiger partial charge in [-0.25, -0.2) is 4.39 Å². The van der Waals surface area contributed by atoms with E-state index in [-0.39, 0.29) is 17.2 Å². The molecule has 0 aliphatic carbocycles. The maximum Gasteiger partial charge on any atom is 0.248 e. The van der Waals surface area contributed by atoms with Gasteiger partial charge in [-0.1, -0.05) is 5.16 Å². The van der Waals surface area contributed by atoms with Gasteiger partial charge in [-0.05, 0) is 30.3 Å². The van der Waals surface area contributed by atoms with Crippen LogP contribution in [0.15, 0.2) is 41.1 Å². The second kappa shape index (κ2) is 8.56. The van der Waals surface area contributed by atoms with E-state index in [1.54, 1.807) is 25.4 Å². The number of carbonyl (C=O) groups excluding carboxylic acids is 1. The number of halogens is 1. The Morgan fingerprint density at radius 1 is 1.33 bits per heavy atom. The molecule has 0 spiro atoms. The lowest BCUT2D eigenvalue weighted by Crippen LogP contribution is -2.53. The first-order chi connectivity index (χ1) is 14.5. The monoisotopic (exact) mass is 413 g/mol. The normalized spacial score (nSPS) is 14.5. The van der Waals surface area contributed by atoms with Crippen molar-refractivity contribution in [3.05, 3.63) is 59.6 Å². The van der Waals surface area contributed by atoms with E-state index < -0.39 is 11.7 Å². The van der Waals surface area contributed by atoms with Gasteiger partial charge in [0.15, 0.2) is 5.82 Å². The van der Waals surface area contributed by atoms with Crippen molar-refractivity contribution in [2.45, 2.75) is 19.3 Å². The number of pyridine rings is 1. The summed E-state index contributed by atoms with van der Waals surface area (Å²) in [5.41, 5.74) is 6.00. The molecule has 3 aromatic rings. The Balaban J connectivity index is 1.30. The first-order valence-electron chi connectivity index (χ1n) is 9.27. The van der Waals surface area contributed by atoms with Crippen LogP contribution in [0.4, 0.5) is 4.39 Å². The van der Waals surface area contributed by atoms with E-state index in [0.29, 0.717) is 49.4 Å². The summed E-state index contributed by atoms with van der Waals surface area (Å²) in [7, 11) is 1.57. The van der Waals surface area contributed by atoms with Crippen molar-refractivity contribution in [3.63, 3.8) is 0 Å². The molecule has 30 heavy (non-hydrogen) atoms. The maximum absolute atomic E-state index is 14.2. The van der Waals surface area contributed by atoms with Gasteiger partial charge >= 0.3 is 0 Å². The molecule has 1 saturated heterocycles. The van der Waals surface area contributed by atoms with Crippen LogP contribution in [0.25, 0.3) is 11.3 Å². The van der Waals surface area contributed by atoms with Gasteiger partial charge in [0.1, 0.15) is 24.3 Å². The third-order valence-corrected chi connectivity index (χ3v) is 4.63. The van der Waals surface area contributed by atoms with E-state index in [9.17, 15) is 9.18 Å². The summed E-state index contributed by atoms with van der Waals surface area (Å²) in [6, 6.07) is 7.47. The number of benzene rings is 1. The fourth-order valence-corrected chi connectivity index (χ4v) is 3.14. The molecule has 1 aliphatic rings. The predicted molar refractivity (Wildman–Crippen MR) is 103 cm³/mol. The largest absolute Gasteiger partial charge is 0.486 e. The molecule has 0 saturated carbocycles. The standard InChI is InChI=1S/C20H20FN5O4/c1-28-11-18-24-19(30-25-18)10-26-8-14(9-26)29-13-3-5-17(23-7-13)15-4-2-12(20(22)27)6-16(15)21/h2-7,14H,8-11H2,1H3,(H2,22,27). The minimum absolute atomic E-state index is 0.0191. The molecule has 1 aliphatic heterocycles. The summed E-state index contributed by atoms with van der Waals surface area (Å²) in [6.45, 7) is 2.30. The third-order valence-electron chi connectivity index (χ3n) is 4.63. The molecule has 4 rings (SSSR count). The van der Waals surface area contributed by atoms with Gasteiger partial charge in [0.05, 0.1) is 18.4 Å². The summed E-state index contributed by atoms with van der Waals surface area (Å²) in [6.07, 6.45) is 1.57. The van der Waals surface area contributed by atoms with Gasteiger partial charge in [-0.15, -0.1) is 0 Å². The molecular formula is C20H20FN5O4. The summed E-state index contributed by atoms with van der Waals surface area (Å²) >= 11 is 0. The second-order valence-electron chi connectivity index (χ2n) is 6.91. The van der Waals surface area contributed by atoms with Gasteiger partial charge in [0.2, 0.25) is 11.8 Å². The van der Waals surface area contributed by atoms with E-state index in [2.05, 4.69) is 20.0 Å². The maximum atomic E-state index is 14.2. The fraction of sp³-hybridized carbons (Fsp3) is 0.300. The highest BCUT2D eigenvalue weighted by molar-refractivity contribution is 5.93. The molecule has 2 aromatic heterocycles. The van der Waals surface area contributed by atoms with Gasteiger partial charge in [-0.2, -0.15) is 4.98 Å². The third kappa shape index (κ3) is 4.44. The summed E-state index contributed by atoms with van der Waals surface area (Å²) < 4.78 is 30.3. The Morgan fingerprint density at radius 3 is 2.83 bits per heavy atom. The highest BCUT2D eigenvalue weighted by Crippen LogP contribution is 2.25. The molecule has 1 aromatic carbocycles. The number of nitrogens with two attached hydrogens (primary N) is 1. The van der Waals surface area contributed by atoms with E-state index in [4.69, 9.17) is 19.7 Å². The summed E-state index contributed by atoms with van der Waals surface area (Å²) in [4.78, 5) is 21.8. The number of ether oxygens (including phenoxy) is 2. The molecule has 0 atom stereocenters. The Hall–Kier alpha value is -3.37. The first-order valence-corrected chi connectivity index (χ1v) is 9.27. The van der Waals surface area contributed by atoms with Crippen molar-refractivity contribution < 1.29 is 23.2 Å². The highest BCUT2D eigenvalue weighted by Gasteiger charge is 2.30. The molecule has 10 heteroatoms. The SMILES string of the molecule is COCc1noc(CN2CC(Oc3ccc(-c4ccc(C(N)=O)cc4F)nc3)C2)n1. The number of amides is 1. The van der Waals surface area contributed by atoms with Crippen molar-refractivity contribution >= 4 is 5.91 Å². The predicted octanol–water partition coefficient (Wildman–Crippen LogP) is 1.78. The number of likely N-dealkylation sites (tertiary alicyclic amines) is 1. The van der Waals surface area contributed by atoms with Crippen molar-refractivity contribution in [2.24, 2.45) is 5.73 Å². The van der Waals surface area contributed by atoms with Crippen molar-refractivity contribution in [3.8, 4) is 17.0 Å². The Kier molecular flexibility index (Phi) is 5.68. The van der Waals surface area contributed by atoms with E-state index >= 15 is 0 Å². The van der Waals surface area contributed by atoms with Crippen LogP contribution in [-0.4, -0.2) is 52.2 Å². The quantitative estimate of drug-likeness (QED) is 0.594. The molecule has 3 heterocycles. The number of primary amides is 1. The minimum Gasteiger partial charge on any atom is -0.486 e. The molecule has 0 bridgehead atoms. The number of rotatable bonds is 8. The van der Waals surface area contributed by atoms with Gasteiger partial charge in [0, 0.05) is 31.3 Å². The molecule has 0 unspecified atom stereocenters. The number of hydrogen-bond acceptors (Lipinski definition) is 8. The molecule has 2 N–H and O–H groups in total. The molecule has 9 nitrogen and oxygen atoms in total. The van der Waals surface area contributed by atoms with Crippen LogP contribution in [0, 0.1) is 5.82 Å². The van der Waals surface area contributed by atoms with Crippen LogP contribution in [-0.2, 0) is 17.9 Å². The molecule has 1 amide bonds. The summed E-state index contributed by atoms with van der Waals surface area (Å²) in [5, 5.41) is 3.83. The van der Waals surface area contributed by atoms with Crippen LogP contribution in [0.1, 0.15) is 22.1 Å². The first kappa shape index (κ1) is 19.9. The molecule has 0 radical (unpaired) electrons. The van der Waals surface area contributed by atoms with Crippen molar-refractivity contribution in [2.75, 3.05) is 20.2 Å². The lowest BCUT2D eigenvalue weighted by Gasteiger charge is -2.37. The van der Waals surface area contributed by atoms with Crippen LogP contribution < -0.4 is 10.5 Å². The van der Waals surface area contributed by atoms with Crippen LogP contribution in [0.2, 0.25) is 0 Å². The molecular weight excluding hydrogens is 393 g/mol. The smallest absolute Gasteiger partial charge is 0.248 e. The minimum atomic E-state index is -0.679. The lowest BCUT2D eigenvalue weighted by molar-refractivity contribution is 0.00844. The fourth-order valence-electron chi connectivity index (χ4n) is 3.14.